The highest BCUT2D eigenvalue weighted by Crippen LogP contribution is 2.26. The van der Waals surface area contributed by atoms with E-state index in [9.17, 15) is 5.11 Å². The van der Waals surface area contributed by atoms with Gasteiger partial charge in [-0.3, -0.25) is 4.90 Å². The zero-order chi connectivity index (χ0) is 12.5. The Kier molecular flexibility index (Phi) is 2.68. The van der Waals surface area contributed by atoms with Crippen molar-refractivity contribution in [3.05, 3.63) is 59.2 Å². The topological polar surface area (TPSA) is 49.5 Å². The SMILES string of the molecule is Nc1ccc2c(c1)CN(Cc1ccc(O)cc1)C2. The van der Waals surface area contributed by atoms with Crippen molar-refractivity contribution < 1.29 is 5.11 Å². The molecule has 3 heteroatoms. The van der Waals surface area contributed by atoms with E-state index in [1.165, 1.54) is 16.7 Å². The summed E-state index contributed by atoms with van der Waals surface area (Å²) in [6.45, 7) is 2.81. The van der Waals surface area contributed by atoms with Gasteiger partial charge in [0.2, 0.25) is 0 Å². The highest BCUT2D eigenvalue weighted by molar-refractivity contribution is 5.46. The lowest BCUT2D eigenvalue weighted by Crippen LogP contribution is -2.15. The first-order valence-corrected chi connectivity index (χ1v) is 6.08. The summed E-state index contributed by atoms with van der Waals surface area (Å²) in [5.41, 5.74) is 10.5. The van der Waals surface area contributed by atoms with Crippen LogP contribution < -0.4 is 5.73 Å². The number of nitrogens with zero attached hydrogens (tertiary/aromatic N) is 1. The van der Waals surface area contributed by atoms with Crippen LogP contribution in [-0.4, -0.2) is 10.0 Å². The summed E-state index contributed by atoms with van der Waals surface area (Å²) in [6, 6.07) is 13.5. The molecule has 0 radical (unpaired) electrons. The smallest absolute Gasteiger partial charge is 0.115 e. The van der Waals surface area contributed by atoms with Crippen LogP contribution in [0.2, 0.25) is 0 Å². The van der Waals surface area contributed by atoms with E-state index in [-0.39, 0.29) is 0 Å². The van der Waals surface area contributed by atoms with Crippen LogP contribution in [0.1, 0.15) is 16.7 Å². The normalized spacial score (nSPS) is 14.7. The highest BCUT2D eigenvalue weighted by atomic mass is 16.3. The number of hydrogen-bond acceptors (Lipinski definition) is 3. The maximum absolute atomic E-state index is 9.26. The number of benzene rings is 2. The molecule has 3 N–H and O–H groups in total. The predicted octanol–water partition coefficient (Wildman–Crippen LogP) is 2.49. The molecule has 1 aliphatic heterocycles. The Morgan fingerprint density at radius 2 is 1.72 bits per heavy atom. The molecule has 3 rings (SSSR count). The number of anilines is 1. The van der Waals surface area contributed by atoms with Gasteiger partial charge in [0, 0.05) is 25.3 Å². The van der Waals surface area contributed by atoms with Gasteiger partial charge in [-0.05, 0) is 41.0 Å². The molecule has 0 unspecified atom stereocenters. The molecule has 0 amide bonds. The molecule has 1 heterocycles. The fourth-order valence-corrected chi connectivity index (χ4v) is 2.46. The van der Waals surface area contributed by atoms with Gasteiger partial charge >= 0.3 is 0 Å². The van der Waals surface area contributed by atoms with Crippen molar-refractivity contribution >= 4 is 5.69 Å². The van der Waals surface area contributed by atoms with Crippen molar-refractivity contribution in [3.63, 3.8) is 0 Å². The van der Waals surface area contributed by atoms with Crippen LogP contribution in [0, 0.1) is 0 Å². The molecule has 1 aliphatic rings. The minimum atomic E-state index is 0.316. The Hall–Kier alpha value is -2.00. The Labute approximate surface area is 106 Å². The fraction of sp³-hybridized carbons (Fsp3) is 0.200. The molecule has 3 nitrogen and oxygen atoms in total. The quantitative estimate of drug-likeness (QED) is 0.793. The van der Waals surface area contributed by atoms with Crippen LogP contribution in [-0.2, 0) is 19.6 Å². The maximum Gasteiger partial charge on any atom is 0.115 e. The summed E-state index contributed by atoms with van der Waals surface area (Å²) in [5, 5.41) is 9.26. The lowest BCUT2D eigenvalue weighted by Gasteiger charge is -2.14. The Bertz CT molecular complexity index is 563. The number of aromatic hydroxyl groups is 1. The molecular formula is C15H16N2O. The Morgan fingerprint density at radius 3 is 2.50 bits per heavy atom. The number of hydrogen-bond donors (Lipinski definition) is 2. The van der Waals surface area contributed by atoms with Gasteiger partial charge in [0.25, 0.3) is 0 Å². The molecule has 0 saturated carbocycles. The third kappa shape index (κ3) is 2.17. The van der Waals surface area contributed by atoms with Gasteiger partial charge < -0.3 is 10.8 Å². The molecule has 0 fully saturated rings. The van der Waals surface area contributed by atoms with Crippen molar-refractivity contribution in [2.75, 3.05) is 5.73 Å². The zero-order valence-corrected chi connectivity index (χ0v) is 10.1. The molecule has 2 aromatic rings. The van der Waals surface area contributed by atoms with Gasteiger partial charge in [-0.25, -0.2) is 0 Å². The molecule has 0 aromatic heterocycles. The van der Waals surface area contributed by atoms with Crippen molar-refractivity contribution in [1.82, 2.24) is 4.90 Å². The standard InChI is InChI=1S/C15H16N2O/c16-14-4-3-12-9-17(10-13(12)7-14)8-11-1-5-15(18)6-2-11/h1-7,18H,8-10,16H2. The van der Waals surface area contributed by atoms with E-state index < -0.39 is 0 Å². The van der Waals surface area contributed by atoms with E-state index >= 15 is 0 Å². The number of nitrogens with two attached hydrogens (primary N) is 1. The van der Waals surface area contributed by atoms with Gasteiger partial charge in [-0.2, -0.15) is 0 Å². The van der Waals surface area contributed by atoms with Crippen LogP contribution in [0.4, 0.5) is 5.69 Å². The molecule has 0 bridgehead atoms. The summed E-state index contributed by atoms with van der Waals surface area (Å²) >= 11 is 0. The lowest BCUT2D eigenvalue weighted by molar-refractivity contribution is 0.275. The number of rotatable bonds is 2. The van der Waals surface area contributed by atoms with Crippen molar-refractivity contribution in [2.24, 2.45) is 0 Å². The molecule has 18 heavy (non-hydrogen) atoms. The number of fused-ring (bicyclic) bond motifs is 1. The van der Waals surface area contributed by atoms with E-state index in [2.05, 4.69) is 17.0 Å². The number of phenols is 1. The summed E-state index contributed by atoms with van der Waals surface area (Å²) in [6.07, 6.45) is 0. The van der Waals surface area contributed by atoms with Crippen LogP contribution in [0.5, 0.6) is 5.75 Å². The average Bonchev–Trinajstić information content (AvgIpc) is 2.73. The van der Waals surface area contributed by atoms with Crippen molar-refractivity contribution in [2.45, 2.75) is 19.6 Å². The van der Waals surface area contributed by atoms with E-state index in [1.807, 2.05) is 18.2 Å². The van der Waals surface area contributed by atoms with Gasteiger partial charge in [-0.1, -0.05) is 18.2 Å². The molecule has 92 valence electrons. The van der Waals surface area contributed by atoms with Crippen molar-refractivity contribution in [3.8, 4) is 5.75 Å². The Balaban J connectivity index is 1.72. The van der Waals surface area contributed by atoms with Crippen molar-refractivity contribution in [1.29, 1.82) is 0 Å². The van der Waals surface area contributed by atoms with Gasteiger partial charge in [-0.15, -0.1) is 0 Å². The highest BCUT2D eigenvalue weighted by Gasteiger charge is 2.18. The van der Waals surface area contributed by atoms with E-state index in [0.717, 1.165) is 25.3 Å². The average molecular weight is 240 g/mol. The van der Waals surface area contributed by atoms with Crippen LogP contribution in [0.15, 0.2) is 42.5 Å². The van der Waals surface area contributed by atoms with E-state index in [0.29, 0.717) is 5.75 Å². The van der Waals surface area contributed by atoms with Gasteiger partial charge in [0.05, 0.1) is 0 Å². The summed E-state index contributed by atoms with van der Waals surface area (Å²) in [7, 11) is 0. The molecular weight excluding hydrogens is 224 g/mol. The molecule has 2 aromatic carbocycles. The summed E-state index contributed by atoms with van der Waals surface area (Å²) in [4.78, 5) is 2.37. The second-order valence-corrected chi connectivity index (χ2v) is 4.84. The first-order valence-electron chi connectivity index (χ1n) is 6.08. The number of phenolic OH excluding ortho intramolecular Hbond substituents is 1. The second kappa shape index (κ2) is 4.35. The van der Waals surface area contributed by atoms with E-state index in [4.69, 9.17) is 5.73 Å². The molecule has 0 atom stereocenters. The first-order chi connectivity index (χ1) is 8.70. The van der Waals surface area contributed by atoms with Crippen LogP contribution in [0.25, 0.3) is 0 Å². The lowest BCUT2D eigenvalue weighted by atomic mass is 10.1. The monoisotopic (exact) mass is 240 g/mol. The van der Waals surface area contributed by atoms with Gasteiger partial charge in [0.15, 0.2) is 0 Å². The minimum absolute atomic E-state index is 0.316. The maximum atomic E-state index is 9.26. The third-order valence-corrected chi connectivity index (χ3v) is 3.36. The number of nitrogen functional groups attached to an aromatic ring is 1. The molecule has 0 aliphatic carbocycles. The third-order valence-electron chi connectivity index (χ3n) is 3.36. The first kappa shape index (κ1) is 11.1. The van der Waals surface area contributed by atoms with Crippen LogP contribution in [0.3, 0.4) is 0 Å². The minimum Gasteiger partial charge on any atom is -0.508 e. The molecule has 0 spiro atoms. The molecule has 0 saturated heterocycles. The summed E-state index contributed by atoms with van der Waals surface area (Å²) < 4.78 is 0. The largest absolute Gasteiger partial charge is 0.508 e. The predicted molar refractivity (Wildman–Crippen MR) is 71.9 cm³/mol. The second-order valence-electron chi connectivity index (χ2n) is 4.84. The fourth-order valence-electron chi connectivity index (χ4n) is 2.46. The Morgan fingerprint density at radius 1 is 1.00 bits per heavy atom. The van der Waals surface area contributed by atoms with Gasteiger partial charge in [0.1, 0.15) is 5.75 Å². The van der Waals surface area contributed by atoms with Crippen LogP contribution >= 0.6 is 0 Å². The zero-order valence-electron chi connectivity index (χ0n) is 10.1. The van der Waals surface area contributed by atoms with E-state index in [1.54, 1.807) is 12.1 Å². The summed E-state index contributed by atoms with van der Waals surface area (Å²) in [5.74, 6) is 0.316.